The summed E-state index contributed by atoms with van der Waals surface area (Å²) in [6.45, 7) is 5.65. The van der Waals surface area contributed by atoms with E-state index in [0.717, 1.165) is 34.6 Å². The topological polar surface area (TPSA) is 65.4 Å². The van der Waals surface area contributed by atoms with Crippen molar-refractivity contribution in [3.8, 4) is 11.5 Å². The predicted molar refractivity (Wildman–Crippen MR) is 110 cm³/mol. The molecule has 6 heteroatoms. The van der Waals surface area contributed by atoms with Crippen molar-refractivity contribution in [1.29, 1.82) is 0 Å². The van der Waals surface area contributed by atoms with Gasteiger partial charge in [-0.2, -0.15) is 0 Å². The molecule has 1 aromatic heterocycles. The molecule has 1 unspecified atom stereocenters. The molecule has 1 N–H and O–H groups in total. The third-order valence-electron chi connectivity index (χ3n) is 4.93. The lowest BCUT2D eigenvalue weighted by atomic mass is 10.1. The average Bonchev–Trinajstić information content (AvgIpc) is 3.34. The first-order valence-electron chi connectivity index (χ1n) is 9.90. The zero-order valence-corrected chi connectivity index (χ0v) is 16.7. The van der Waals surface area contributed by atoms with E-state index in [9.17, 15) is 4.79 Å². The van der Waals surface area contributed by atoms with Crippen LogP contribution in [0.3, 0.4) is 0 Å². The van der Waals surface area contributed by atoms with Gasteiger partial charge in [-0.15, -0.1) is 0 Å². The van der Waals surface area contributed by atoms with E-state index < -0.39 is 0 Å². The minimum atomic E-state index is -0.116. The first kappa shape index (κ1) is 19.1. The molecule has 0 aliphatic carbocycles. The molecule has 2 aromatic carbocycles. The van der Waals surface area contributed by atoms with E-state index in [2.05, 4.69) is 17.2 Å². The van der Waals surface area contributed by atoms with Crippen molar-refractivity contribution in [1.82, 2.24) is 14.9 Å². The first-order chi connectivity index (χ1) is 14.1. The van der Waals surface area contributed by atoms with Crippen molar-refractivity contribution in [3.05, 3.63) is 77.4 Å². The molecule has 0 saturated carbocycles. The highest BCUT2D eigenvalue weighted by Crippen LogP contribution is 2.35. The van der Waals surface area contributed by atoms with E-state index in [4.69, 9.17) is 9.47 Å². The van der Waals surface area contributed by atoms with Gasteiger partial charge in [0.25, 0.3) is 5.91 Å². The van der Waals surface area contributed by atoms with E-state index in [1.54, 1.807) is 12.5 Å². The van der Waals surface area contributed by atoms with Crippen LogP contribution < -0.4 is 14.8 Å². The van der Waals surface area contributed by atoms with Crippen molar-refractivity contribution in [2.45, 2.75) is 39.5 Å². The summed E-state index contributed by atoms with van der Waals surface area (Å²) < 4.78 is 13.6. The van der Waals surface area contributed by atoms with Crippen molar-refractivity contribution < 1.29 is 14.3 Å². The van der Waals surface area contributed by atoms with Gasteiger partial charge in [-0.1, -0.05) is 12.1 Å². The van der Waals surface area contributed by atoms with Crippen LogP contribution in [0.15, 0.2) is 55.1 Å². The molecule has 0 saturated heterocycles. The normalized spacial score (nSPS) is 14.9. The van der Waals surface area contributed by atoms with Crippen molar-refractivity contribution in [2.24, 2.45) is 0 Å². The lowest BCUT2D eigenvalue weighted by Crippen LogP contribution is -2.23. The lowest BCUT2D eigenvalue weighted by Gasteiger charge is -2.14. The number of amides is 1. The van der Waals surface area contributed by atoms with E-state index in [1.807, 2.05) is 54.1 Å². The maximum atomic E-state index is 12.7. The number of nitrogens with zero attached hydrogens (tertiary/aromatic N) is 2. The van der Waals surface area contributed by atoms with Gasteiger partial charge in [0.1, 0.15) is 17.6 Å². The summed E-state index contributed by atoms with van der Waals surface area (Å²) in [5.41, 5.74) is 3.75. The second-order valence-corrected chi connectivity index (χ2v) is 7.25. The van der Waals surface area contributed by atoms with Gasteiger partial charge in [0, 0.05) is 48.6 Å². The van der Waals surface area contributed by atoms with Crippen LogP contribution in [0.5, 0.6) is 11.5 Å². The number of hydrogen-bond donors (Lipinski definition) is 1. The molecule has 150 valence electrons. The molecule has 4 rings (SSSR count). The summed E-state index contributed by atoms with van der Waals surface area (Å²) >= 11 is 0. The van der Waals surface area contributed by atoms with Crippen LogP contribution in [0.2, 0.25) is 0 Å². The Morgan fingerprint density at radius 2 is 2.24 bits per heavy atom. The number of benzene rings is 2. The molecule has 0 radical (unpaired) electrons. The standard InChI is InChI=1S/C23H25N3O3/c1-3-28-21-11-19-9-16(2)29-22(19)12-20(21)13-25-23(27)18-6-4-5-17(10-18)14-26-8-7-24-15-26/h4-8,10-12,15-16H,3,9,13-14H2,1-2H3,(H,25,27). The summed E-state index contributed by atoms with van der Waals surface area (Å²) in [6, 6.07) is 11.7. The Balaban J connectivity index is 1.46. The summed E-state index contributed by atoms with van der Waals surface area (Å²) in [4.78, 5) is 16.8. The maximum absolute atomic E-state index is 12.7. The van der Waals surface area contributed by atoms with Crippen LogP contribution in [0.1, 0.15) is 40.9 Å². The van der Waals surface area contributed by atoms with Crippen LogP contribution in [-0.4, -0.2) is 28.2 Å². The monoisotopic (exact) mass is 391 g/mol. The van der Waals surface area contributed by atoms with Gasteiger partial charge < -0.3 is 19.4 Å². The fourth-order valence-electron chi connectivity index (χ4n) is 3.59. The predicted octanol–water partition coefficient (Wildman–Crippen LogP) is 3.58. The fourth-order valence-corrected chi connectivity index (χ4v) is 3.59. The van der Waals surface area contributed by atoms with E-state index in [1.165, 1.54) is 0 Å². The second-order valence-electron chi connectivity index (χ2n) is 7.25. The molecule has 1 amide bonds. The highest BCUT2D eigenvalue weighted by Gasteiger charge is 2.22. The van der Waals surface area contributed by atoms with Crippen molar-refractivity contribution >= 4 is 5.91 Å². The Morgan fingerprint density at radius 1 is 1.34 bits per heavy atom. The number of hydrogen-bond acceptors (Lipinski definition) is 4. The van der Waals surface area contributed by atoms with Gasteiger partial charge in [-0.25, -0.2) is 4.98 Å². The Kier molecular flexibility index (Phi) is 5.51. The molecule has 2 heterocycles. The van der Waals surface area contributed by atoms with Crippen molar-refractivity contribution in [3.63, 3.8) is 0 Å². The van der Waals surface area contributed by atoms with Crippen LogP contribution in [0.4, 0.5) is 0 Å². The smallest absolute Gasteiger partial charge is 0.251 e. The largest absolute Gasteiger partial charge is 0.494 e. The third kappa shape index (κ3) is 4.42. The molecular formula is C23H25N3O3. The van der Waals surface area contributed by atoms with Crippen LogP contribution in [-0.2, 0) is 19.5 Å². The minimum Gasteiger partial charge on any atom is -0.494 e. The first-order valence-corrected chi connectivity index (χ1v) is 9.90. The molecule has 3 aromatic rings. The average molecular weight is 391 g/mol. The second kappa shape index (κ2) is 8.39. The fraction of sp³-hybridized carbons (Fsp3) is 0.304. The molecule has 6 nitrogen and oxygen atoms in total. The van der Waals surface area contributed by atoms with Gasteiger partial charge in [0.05, 0.1) is 12.9 Å². The summed E-state index contributed by atoms with van der Waals surface area (Å²) in [7, 11) is 0. The number of rotatable bonds is 7. The lowest BCUT2D eigenvalue weighted by molar-refractivity contribution is 0.0950. The van der Waals surface area contributed by atoms with Gasteiger partial charge >= 0.3 is 0 Å². The molecular weight excluding hydrogens is 366 g/mol. The van der Waals surface area contributed by atoms with Gasteiger partial charge in [-0.05, 0) is 43.7 Å². The molecule has 1 atom stereocenters. The number of ether oxygens (including phenoxy) is 2. The Labute approximate surface area is 170 Å². The van der Waals surface area contributed by atoms with Gasteiger partial charge in [0.15, 0.2) is 0 Å². The maximum Gasteiger partial charge on any atom is 0.251 e. The SMILES string of the molecule is CCOc1cc2c(cc1CNC(=O)c1cccc(Cn3ccnc3)c1)OC(C)C2. The molecule has 0 fully saturated rings. The summed E-state index contributed by atoms with van der Waals surface area (Å²) in [5.74, 6) is 1.57. The van der Waals surface area contributed by atoms with E-state index in [-0.39, 0.29) is 12.0 Å². The Bertz CT molecular complexity index is 999. The zero-order valence-electron chi connectivity index (χ0n) is 16.7. The number of aromatic nitrogens is 2. The van der Waals surface area contributed by atoms with Gasteiger partial charge in [-0.3, -0.25) is 4.79 Å². The summed E-state index contributed by atoms with van der Waals surface area (Å²) in [5, 5.41) is 3.01. The summed E-state index contributed by atoms with van der Waals surface area (Å²) in [6.07, 6.45) is 6.46. The molecule has 1 aliphatic rings. The number of nitrogens with one attached hydrogen (secondary N) is 1. The van der Waals surface area contributed by atoms with Crippen LogP contribution in [0, 0.1) is 0 Å². The molecule has 29 heavy (non-hydrogen) atoms. The van der Waals surface area contributed by atoms with E-state index in [0.29, 0.717) is 25.3 Å². The van der Waals surface area contributed by atoms with Crippen LogP contribution in [0.25, 0.3) is 0 Å². The third-order valence-corrected chi connectivity index (χ3v) is 4.93. The molecule has 0 spiro atoms. The Hall–Kier alpha value is -3.28. The quantitative estimate of drug-likeness (QED) is 0.669. The minimum absolute atomic E-state index is 0.116. The van der Waals surface area contributed by atoms with Crippen molar-refractivity contribution in [2.75, 3.05) is 6.61 Å². The van der Waals surface area contributed by atoms with Gasteiger partial charge in [0.2, 0.25) is 0 Å². The highest BCUT2D eigenvalue weighted by molar-refractivity contribution is 5.94. The highest BCUT2D eigenvalue weighted by atomic mass is 16.5. The Morgan fingerprint density at radius 3 is 3.03 bits per heavy atom. The number of carbonyl (C=O) groups is 1. The molecule has 0 bridgehead atoms. The zero-order chi connectivity index (χ0) is 20.2. The number of imidazole rings is 1. The number of carbonyl (C=O) groups excluding carboxylic acids is 1. The van der Waals surface area contributed by atoms with Crippen LogP contribution >= 0.6 is 0 Å². The number of fused-ring (bicyclic) bond motifs is 1. The molecule has 1 aliphatic heterocycles. The van der Waals surface area contributed by atoms with E-state index >= 15 is 0 Å².